The molecule has 0 aliphatic carbocycles. The van der Waals surface area contributed by atoms with Crippen LogP contribution in [0.3, 0.4) is 0 Å². The number of nitrogens with zero attached hydrogens (tertiary/aromatic N) is 2. The number of esters is 1. The summed E-state index contributed by atoms with van der Waals surface area (Å²) in [5, 5.41) is 9.04. The van der Waals surface area contributed by atoms with E-state index < -0.39 is 11.2 Å². The predicted molar refractivity (Wildman–Crippen MR) is 106 cm³/mol. The van der Waals surface area contributed by atoms with Crippen LogP contribution < -0.4 is 10.6 Å². The largest absolute Gasteiger partial charge is 0.469 e. The molecular weight excluding hydrogens is 391 g/mol. The summed E-state index contributed by atoms with van der Waals surface area (Å²) < 4.78 is 19.5. The Morgan fingerprint density at radius 3 is 2.89 bits per heavy atom. The number of hydrogen-bond donors (Lipinski definition) is 2. The molecule has 6 nitrogen and oxygen atoms in total. The van der Waals surface area contributed by atoms with Gasteiger partial charge in [-0.15, -0.1) is 23.7 Å². The summed E-state index contributed by atoms with van der Waals surface area (Å²) in [6.45, 7) is 4.61. The summed E-state index contributed by atoms with van der Waals surface area (Å²) >= 11 is 1.46. The smallest absolute Gasteiger partial charge is 0.312 e. The molecule has 1 aliphatic heterocycles. The molecule has 0 amide bonds. The number of thiazole rings is 1. The minimum absolute atomic E-state index is 0. The molecule has 27 heavy (non-hydrogen) atoms. The fourth-order valence-electron chi connectivity index (χ4n) is 3.47. The first-order valence-electron chi connectivity index (χ1n) is 8.58. The second kappa shape index (κ2) is 8.95. The first kappa shape index (κ1) is 21.5. The number of anilines is 2. The third-order valence-electron chi connectivity index (χ3n) is 4.69. The van der Waals surface area contributed by atoms with Crippen LogP contribution in [-0.4, -0.2) is 35.6 Å². The fourth-order valence-corrected chi connectivity index (χ4v) is 4.17. The Morgan fingerprint density at radius 1 is 1.48 bits per heavy atom. The van der Waals surface area contributed by atoms with E-state index >= 15 is 0 Å². The van der Waals surface area contributed by atoms with Crippen LogP contribution in [0.25, 0.3) is 0 Å². The summed E-state index contributed by atoms with van der Waals surface area (Å²) in [6, 6.07) is 3.11. The molecule has 2 atom stereocenters. The first-order valence-corrected chi connectivity index (χ1v) is 9.46. The van der Waals surface area contributed by atoms with Gasteiger partial charge in [0.05, 0.1) is 23.9 Å². The summed E-state index contributed by atoms with van der Waals surface area (Å²) in [5.41, 5.74) is 0.417. The van der Waals surface area contributed by atoms with Crippen molar-refractivity contribution in [1.29, 1.82) is 0 Å². The molecule has 148 valence electrons. The molecular formula is C18H24ClFN4O2S. The summed E-state index contributed by atoms with van der Waals surface area (Å²) in [7, 11) is 1.38. The zero-order valence-electron chi connectivity index (χ0n) is 15.5. The van der Waals surface area contributed by atoms with Gasteiger partial charge in [0.25, 0.3) is 0 Å². The molecule has 2 unspecified atom stereocenters. The number of ether oxygens (including phenoxy) is 1. The Bertz CT molecular complexity index is 803. The summed E-state index contributed by atoms with van der Waals surface area (Å²) in [5.74, 6) is -0.209. The zero-order valence-corrected chi connectivity index (χ0v) is 17.2. The van der Waals surface area contributed by atoms with Gasteiger partial charge in [0.15, 0.2) is 5.13 Å². The average molecular weight is 415 g/mol. The van der Waals surface area contributed by atoms with E-state index in [0.29, 0.717) is 30.3 Å². The van der Waals surface area contributed by atoms with Gasteiger partial charge in [-0.1, -0.05) is 0 Å². The number of methoxy groups -OCH3 is 1. The molecule has 2 N–H and O–H groups in total. The number of aromatic nitrogens is 2. The van der Waals surface area contributed by atoms with Crippen molar-refractivity contribution in [2.75, 3.05) is 19.0 Å². The van der Waals surface area contributed by atoms with Crippen LogP contribution in [0.5, 0.6) is 0 Å². The number of rotatable bonds is 5. The number of hydrogen-bond acceptors (Lipinski definition) is 7. The molecule has 0 aromatic carbocycles. The van der Waals surface area contributed by atoms with E-state index in [4.69, 9.17) is 4.74 Å². The Kier molecular flexibility index (Phi) is 7.13. The van der Waals surface area contributed by atoms with Gasteiger partial charge in [-0.3, -0.25) is 4.79 Å². The lowest BCUT2D eigenvalue weighted by molar-refractivity contribution is -0.155. The number of pyridine rings is 1. The summed E-state index contributed by atoms with van der Waals surface area (Å²) in [6.07, 6.45) is 1.39. The van der Waals surface area contributed by atoms with E-state index in [2.05, 4.69) is 20.6 Å². The Balaban J connectivity index is 0.00000261. The highest BCUT2D eigenvalue weighted by Crippen LogP contribution is 2.37. The van der Waals surface area contributed by atoms with Crippen LogP contribution >= 0.6 is 23.7 Å². The normalized spacial score (nSPS) is 22.0. The van der Waals surface area contributed by atoms with Crippen molar-refractivity contribution in [1.82, 2.24) is 15.3 Å². The van der Waals surface area contributed by atoms with Gasteiger partial charge in [0, 0.05) is 17.8 Å². The molecule has 2 aromatic rings. The van der Waals surface area contributed by atoms with E-state index in [1.54, 1.807) is 6.07 Å². The van der Waals surface area contributed by atoms with E-state index in [0.717, 1.165) is 5.69 Å². The van der Waals surface area contributed by atoms with Gasteiger partial charge in [-0.2, -0.15) is 0 Å². The predicted octanol–water partition coefficient (Wildman–Crippen LogP) is 3.62. The Hall–Kier alpha value is -1.77. The van der Waals surface area contributed by atoms with Crippen molar-refractivity contribution in [2.24, 2.45) is 5.41 Å². The zero-order chi connectivity index (χ0) is 18.7. The second-order valence-electron chi connectivity index (χ2n) is 6.80. The van der Waals surface area contributed by atoms with Crippen LogP contribution in [0, 0.1) is 18.2 Å². The highest BCUT2D eigenvalue weighted by Gasteiger charge is 2.43. The third-order valence-corrected chi connectivity index (χ3v) is 5.57. The van der Waals surface area contributed by atoms with Crippen molar-refractivity contribution in [3.05, 3.63) is 34.7 Å². The monoisotopic (exact) mass is 414 g/mol. The molecule has 3 rings (SSSR count). The number of carbonyl (C=O) groups excluding carboxylic acids is 1. The van der Waals surface area contributed by atoms with Gasteiger partial charge in [-0.05, 0) is 45.4 Å². The van der Waals surface area contributed by atoms with Crippen LogP contribution in [0.4, 0.5) is 15.3 Å². The quantitative estimate of drug-likeness (QED) is 0.727. The highest BCUT2D eigenvalue weighted by molar-refractivity contribution is 7.13. The number of nitrogens with one attached hydrogen (secondary N) is 2. The highest BCUT2D eigenvalue weighted by atomic mass is 35.5. The van der Waals surface area contributed by atoms with Gasteiger partial charge >= 0.3 is 5.97 Å². The van der Waals surface area contributed by atoms with Crippen LogP contribution in [0.15, 0.2) is 17.5 Å². The molecule has 2 aromatic heterocycles. The molecule has 9 heteroatoms. The number of piperidine rings is 1. The number of halogens is 2. The SMILES string of the molecule is COC(=O)C1(Cc2nc(Nc3nc(C)cs3)ccc2F)CCNC(C)C1.Cl. The second-order valence-corrected chi connectivity index (χ2v) is 7.66. The van der Waals surface area contributed by atoms with Crippen LogP contribution in [-0.2, 0) is 16.0 Å². The molecule has 1 aliphatic rings. The number of carbonyl (C=O) groups is 1. The molecule has 0 radical (unpaired) electrons. The fraction of sp³-hybridized carbons (Fsp3) is 0.500. The topological polar surface area (TPSA) is 76.1 Å². The van der Waals surface area contributed by atoms with Crippen molar-refractivity contribution >= 4 is 40.7 Å². The van der Waals surface area contributed by atoms with Gasteiger partial charge in [-0.25, -0.2) is 14.4 Å². The lowest BCUT2D eigenvalue weighted by atomic mass is 9.73. The van der Waals surface area contributed by atoms with Crippen LogP contribution in [0.1, 0.15) is 31.2 Å². The van der Waals surface area contributed by atoms with E-state index in [1.807, 2.05) is 19.2 Å². The minimum Gasteiger partial charge on any atom is -0.469 e. The van der Waals surface area contributed by atoms with E-state index in [9.17, 15) is 9.18 Å². The lowest BCUT2D eigenvalue weighted by Gasteiger charge is -2.38. The van der Waals surface area contributed by atoms with E-state index in [-0.39, 0.29) is 36.5 Å². The standard InChI is InChI=1S/C18H23FN4O2S.ClH/c1-11-8-18(6-7-20-11,16(24)25-3)9-14-13(19)4-5-15(22-14)23-17-21-12(2)10-26-17;/h4-5,10-11,20H,6-9H2,1-3H3,(H,21,22,23);1H. The first-order chi connectivity index (χ1) is 12.4. The molecule has 1 saturated heterocycles. The van der Waals surface area contributed by atoms with Crippen molar-refractivity contribution in [3.8, 4) is 0 Å². The molecule has 0 spiro atoms. The van der Waals surface area contributed by atoms with Crippen molar-refractivity contribution < 1.29 is 13.9 Å². The van der Waals surface area contributed by atoms with Gasteiger partial charge in [0.1, 0.15) is 11.6 Å². The average Bonchev–Trinajstić information content (AvgIpc) is 3.02. The van der Waals surface area contributed by atoms with Crippen molar-refractivity contribution in [2.45, 2.75) is 39.2 Å². The third kappa shape index (κ3) is 4.94. The van der Waals surface area contributed by atoms with Crippen LogP contribution in [0.2, 0.25) is 0 Å². The molecule has 3 heterocycles. The van der Waals surface area contributed by atoms with E-state index in [1.165, 1.54) is 24.5 Å². The van der Waals surface area contributed by atoms with Gasteiger partial charge in [0.2, 0.25) is 0 Å². The summed E-state index contributed by atoms with van der Waals surface area (Å²) in [4.78, 5) is 21.2. The number of aryl methyl sites for hydroxylation is 1. The maximum atomic E-state index is 14.4. The molecule has 0 bridgehead atoms. The maximum Gasteiger partial charge on any atom is 0.312 e. The Labute approximate surface area is 168 Å². The lowest BCUT2D eigenvalue weighted by Crippen LogP contribution is -2.48. The van der Waals surface area contributed by atoms with Crippen molar-refractivity contribution in [3.63, 3.8) is 0 Å². The minimum atomic E-state index is -0.760. The van der Waals surface area contributed by atoms with Gasteiger partial charge < -0.3 is 15.4 Å². The Morgan fingerprint density at radius 2 is 2.26 bits per heavy atom. The maximum absolute atomic E-state index is 14.4. The molecule has 0 saturated carbocycles. The molecule has 1 fully saturated rings.